The van der Waals surface area contributed by atoms with Crippen LogP contribution < -0.4 is 5.32 Å². The Morgan fingerprint density at radius 1 is 1.24 bits per heavy atom. The molecule has 2 aliphatic rings. The zero-order valence-electron chi connectivity index (χ0n) is 11.3. The van der Waals surface area contributed by atoms with Crippen LogP contribution in [0.3, 0.4) is 0 Å². The molecule has 0 aromatic heterocycles. The van der Waals surface area contributed by atoms with Gasteiger partial charge in [0.05, 0.1) is 13.2 Å². The number of carbonyl (C=O) groups excluding carboxylic acids is 1. The van der Waals surface area contributed by atoms with Gasteiger partial charge in [0, 0.05) is 24.4 Å². The predicted octanol–water partition coefficient (Wildman–Crippen LogP) is 2.15. The molecule has 0 aromatic carbocycles. The summed E-state index contributed by atoms with van der Waals surface area (Å²) in [4.78, 5) is 12.2. The van der Waals surface area contributed by atoms with Gasteiger partial charge in [-0.1, -0.05) is 20.8 Å². The molecule has 2 rings (SSSR count). The van der Waals surface area contributed by atoms with Crippen molar-refractivity contribution in [2.75, 3.05) is 13.2 Å². The van der Waals surface area contributed by atoms with Crippen LogP contribution in [0.5, 0.6) is 0 Å². The van der Waals surface area contributed by atoms with E-state index >= 15 is 0 Å². The molecule has 0 spiro atoms. The largest absolute Gasteiger partial charge is 0.378 e. The van der Waals surface area contributed by atoms with Gasteiger partial charge in [-0.05, 0) is 24.7 Å². The molecule has 3 nitrogen and oxygen atoms in total. The van der Waals surface area contributed by atoms with E-state index in [1.807, 2.05) is 0 Å². The third-order valence-electron chi connectivity index (χ3n) is 3.82. The third kappa shape index (κ3) is 3.78. The highest BCUT2D eigenvalue weighted by Gasteiger charge is 2.35. The number of nitrogens with one attached hydrogen (secondary N) is 1. The fourth-order valence-corrected chi connectivity index (χ4v) is 2.80. The highest BCUT2D eigenvalue weighted by molar-refractivity contribution is 5.81. The number of fused-ring (bicyclic) bond motifs is 2. The molecule has 98 valence electrons. The van der Waals surface area contributed by atoms with Crippen LogP contribution in [0.25, 0.3) is 0 Å². The van der Waals surface area contributed by atoms with Crippen molar-refractivity contribution in [2.45, 2.75) is 58.5 Å². The predicted molar refractivity (Wildman–Crippen MR) is 68.0 cm³/mol. The van der Waals surface area contributed by atoms with Crippen molar-refractivity contribution >= 4 is 5.78 Å². The van der Waals surface area contributed by atoms with Crippen molar-refractivity contribution in [1.29, 1.82) is 0 Å². The Bertz CT molecular complexity index is 270. The monoisotopic (exact) mass is 239 g/mol. The summed E-state index contributed by atoms with van der Waals surface area (Å²) in [6, 6.07) is 0.817. The second-order valence-corrected chi connectivity index (χ2v) is 6.79. The molecule has 2 aliphatic heterocycles. The Kier molecular flexibility index (Phi) is 3.88. The molecule has 0 amide bonds. The van der Waals surface area contributed by atoms with E-state index in [9.17, 15) is 4.79 Å². The minimum absolute atomic E-state index is 0.265. The fraction of sp³-hybridized carbons (Fsp3) is 0.929. The SMILES string of the molecule is CC(C)(C)CCC(=O)C1CC2COCC(C1)N2. The lowest BCUT2D eigenvalue weighted by Gasteiger charge is -2.39. The number of hydrogen-bond donors (Lipinski definition) is 1. The van der Waals surface area contributed by atoms with Gasteiger partial charge in [0.1, 0.15) is 5.78 Å². The smallest absolute Gasteiger partial charge is 0.136 e. The Morgan fingerprint density at radius 2 is 1.82 bits per heavy atom. The second-order valence-electron chi connectivity index (χ2n) is 6.79. The summed E-state index contributed by atoms with van der Waals surface area (Å²) in [6.07, 6.45) is 3.69. The summed E-state index contributed by atoms with van der Waals surface area (Å²) >= 11 is 0. The molecule has 2 heterocycles. The van der Waals surface area contributed by atoms with Crippen molar-refractivity contribution in [1.82, 2.24) is 5.32 Å². The summed E-state index contributed by atoms with van der Waals surface area (Å²) in [6.45, 7) is 8.15. The maximum Gasteiger partial charge on any atom is 0.136 e. The van der Waals surface area contributed by atoms with Crippen molar-refractivity contribution in [3.63, 3.8) is 0 Å². The molecule has 2 saturated heterocycles. The maximum atomic E-state index is 12.2. The van der Waals surface area contributed by atoms with Crippen LogP contribution in [0.2, 0.25) is 0 Å². The lowest BCUT2D eigenvalue weighted by atomic mass is 9.80. The Morgan fingerprint density at radius 3 is 2.35 bits per heavy atom. The zero-order chi connectivity index (χ0) is 12.5. The van der Waals surface area contributed by atoms with Gasteiger partial charge in [-0.25, -0.2) is 0 Å². The number of morpholine rings is 1. The van der Waals surface area contributed by atoms with Crippen LogP contribution in [0.15, 0.2) is 0 Å². The zero-order valence-corrected chi connectivity index (χ0v) is 11.3. The quantitative estimate of drug-likeness (QED) is 0.820. The molecule has 2 fully saturated rings. The molecule has 2 bridgehead atoms. The van der Waals surface area contributed by atoms with Crippen LogP contribution in [0, 0.1) is 11.3 Å². The van der Waals surface area contributed by atoms with Gasteiger partial charge in [0.2, 0.25) is 0 Å². The van der Waals surface area contributed by atoms with E-state index in [0.29, 0.717) is 17.9 Å². The molecule has 0 aromatic rings. The van der Waals surface area contributed by atoms with E-state index in [1.165, 1.54) is 0 Å². The average Bonchev–Trinajstić information content (AvgIpc) is 2.24. The van der Waals surface area contributed by atoms with Crippen molar-refractivity contribution < 1.29 is 9.53 Å². The van der Waals surface area contributed by atoms with Gasteiger partial charge in [0.25, 0.3) is 0 Å². The molecule has 0 radical (unpaired) electrons. The molecule has 0 aliphatic carbocycles. The maximum absolute atomic E-state index is 12.2. The van der Waals surface area contributed by atoms with Gasteiger partial charge in [-0.2, -0.15) is 0 Å². The number of hydrogen-bond acceptors (Lipinski definition) is 3. The van der Waals surface area contributed by atoms with E-state index in [0.717, 1.165) is 38.9 Å². The summed E-state index contributed by atoms with van der Waals surface area (Å²) < 4.78 is 5.50. The normalized spacial score (nSPS) is 33.5. The van der Waals surface area contributed by atoms with Gasteiger partial charge in [0.15, 0.2) is 0 Å². The van der Waals surface area contributed by atoms with Crippen LogP contribution >= 0.6 is 0 Å². The number of carbonyl (C=O) groups is 1. The van der Waals surface area contributed by atoms with Gasteiger partial charge >= 0.3 is 0 Å². The van der Waals surface area contributed by atoms with Gasteiger partial charge < -0.3 is 10.1 Å². The second kappa shape index (κ2) is 5.07. The van der Waals surface area contributed by atoms with E-state index in [4.69, 9.17) is 4.74 Å². The number of rotatable bonds is 3. The fourth-order valence-electron chi connectivity index (χ4n) is 2.80. The van der Waals surface area contributed by atoms with Crippen molar-refractivity contribution in [3.8, 4) is 0 Å². The first-order valence-electron chi connectivity index (χ1n) is 6.80. The third-order valence-corrected chi connectivity index (χ3v) is 3.82. The molecular formula is C14H25NO2. The van der Waals surface area contributed by atoms with Crippen LogP contribution in [-0.2, 0) is 9.53 Å². The highest BCUT2D eigenvalue weighted by Crippen LogP contribution is 2.28. The Labute approximate surface area is 104 Å². The van der Waals surface area contributed by atoms with Gasteiger partial charge in [-0.15, -0.1) is 0 Å². The molecule has 17 heavy (non-hydrogen) atoms. The topological polar surface area (TPSA) is 38.3 Å². The summed E-state index contributed by atoms with van der Waals surface area (Å²) in [7, 11) is 0. The summed E-state index contributed by atoms with van der Waals surface area (Å²) in [5.74, 6) is 0.746. The van der Waals surface area contributed by atoms with Crippen LogP contribution in [0.1, 0.15) is 46.5 Å². The lowest BCUT2D eigenvalue weighted by molar-refractivity contribution is -0.126. The van der Waals surface area contributed by atoms with E-state index in [1.54, 1.807) is 0 Å². The van der Waals surface area contributed by atoms with E-state index in [-0.39, 0.29) is 11.3 Å². The molecule has 2 unspecified atom stereocenters. The first-order valence-corrected chi connectivity index (χ1v) is 6.80. The molecule has 1 N–H and O–H groups in total. The number of piperidine rings is 1. The molecular weight excluding hydrogens is 214 g/mol. The first kappa shape index (κ1) is 13.0. The first-order chi connectivity index (χ1) is 7.94. The van der Waals surface area contributed by atoms with Crippen LogP contribution in [-0.4, -0.2) is 31.1 Å². The molecule has 2 atom stereocenters. The Balaban J connectivity index is 1.83. The molecule has 3 heteroatoms. The molecule has 0 saturated carbocycles. The summed E-state index contributed by atoms with van der Waals surface area (Å²) in [5.41, 5.74) is 0.265. The number of ether oxygens (including phenoxy) is 1. The number of ketones is 1. The number of Topliss-reactive ketones (excluding diaryl/α,β-unsaturated/α-hetero) is 1. The van der Waals surface area contributed by atoms with Crippen molar-refractivity contribution in [3.05, 3.63) is 0 Å². The highest BCUT2D eigenvalue weighted by atomic mass is 16.5. The Hall–Kier alpha value is -0.410. The average molecular weight is 239 g/mol. The van der Waals surface area contributed by atoms with Gasteiger partial charge in [-0.3, -0.25) is 4.79 Å². The minimum Gasteiger partial charge on any atom is -0.378 e. The van der Waals surface area contributed by atoms with E-state index < -0.39 is 0 Å². The minimum atomic E-state index is 0.265. The van der Waals surface area contributed by atoms with Crippen molar-refractivity contribution in [2.24, 2.45) is 11.3 Å². The summed E-state index contributed by atoms with van der Waals surface area (Å²) in [5, 5.41) is 3.53. The van der Waals surface area contributed by atoms with Crippen LogP contribution in [0.4, 0.5) is 0 Å². The lowest BCUT2D eigenvalue weighted by Crippen LogP contribution is -2.55. The standard InChI is InChI=1S/C14H25NO2/c1-14(2,3)5-4-13(16)10-6-11-8-17-9-12(7-10)15-11/h10-12,15H,4-9H2,1-3H3. The van der Waals surface area contributed by atoms with E-state index in [2.05, 4.69) is 26.1 Å².